The van der Waals surface area contributed by atoms with E-state index in [1.165, 1.54) is 12.3 Å². The summed E-state index contributed by atoms with van der Waals surface area (Å²) in [5.74, 6) is -1.65. The van der Waals surface area contributed by atoms with Gasteiger partial charge in [-0.3, -0.25) is 4.98 Å². The van der Waals surface area contributed by atoms with Crippen molar-refractivity contribution in [2.45, 2.75) is 0 Å². The molecule has 0 radical (unpaired) electrons. The van der Waals surface area contributed by atoms with Crippen LogP contribution in [0.4, 0.5) is 4.39 Å². The normalized spacial score (nSPS) is 10.5. The van der Waals surface area contributed by atoms with Crippen LogP contribution >= 0.6 is 11.6 Å². The highest BCUT2D eigenvalue weighted by atomic mass is 35.5. The van der Waals surface area contributed by atoms with Crippen LogP contribution in [0.15, 0.2) is 24.4 Å². The molecule has 76 valence electrons. The van der Waals surface area contributed by atoms with Gasteiger partial charge in [0.15, 0.2) is 0 Å². The smallest absolute Gasteiger partial charge is 0.336 e. The summed E-state index contributed by atoms with van der Waals surface area (Å²) in [6.45, 7) is 0. The van der Waals surface area contributed by atoms with Crippen molar-refractivity contribution < 1.29 is 14.3 Å². The Kier molecular flexibility index (Phi) is 2.28. The average Bonchev–Trinajstić information content (AvgIpc) is 2.16. The lowest BCUT2D eigenvalue weighted by Crippen LogP contribution is -1.99. The second kappa shape index (κ2) is 3.47. The van der Waals surface area contributed by atoms with Gasteiger partial charge in [0.2, 0.25) is 0 Å². The first kappa shape index (κ1) is 9.86. The molecule has 0 aliphatic heterocycles. The fourth-order valence-electron chi connectivity index (χ4n) is 1.38. The van der Waals surface area contributed by atoms with Gasteiger partial charge in [-0.2, -0.15) is 0 Å². The number of carboxylic acids is 1. The summed E-state index contributed by atoms with van der Waals surface area (Å²) >= 11 is 5.77. The van der Waals surface area contributed by atoms with Crippen molar-refractivity contribution in [3.05, 3.63) is 40.8 Å². The van der Waals surface area contributed by atoms with Crippen LogP contribution in [-0.2, 0) is 0 Å². The fourth-order valence-corrected chi connectivity index (χ4v) is 1.68. The van der Waals surface area contributed by atoms with Crippen molar-refractivity contribution in [1.29, 1.82) is 0 Å². The number of fused-ring (bicyclic) bond motifs is 1. The van der Waals surface area contributed by atoms with E-state index in [0.29, 0.717) is 0 Å². The predicted octanol–water partition coefficient (Wildman–Crippen LogP) is 2.73. The Balaban J connectivity index is 2.91. The maximum Gasteiger partial charge on any atom is 0.336 e. The zero-order valence-corrected chi connectivity index (χ0v) is 8.12. The van der Waals surface area contributed by atoms with E-state index < -0.39 is 11.8 Å². The number of carboxylic acid groups (broad SMARTS) is 1. The summed E-state index contributed by atoms with van der Waals surface area (Å²) in [4.78, 5) is 14.7. The van der Waals surface area contributed by atoms with Gasteiger partial charge in [-0.25, -0.2) is 9.18 Å². The Morgan fingerprint density at radius 3 is 2.87 bits per heavy atom. The molecule has 1 aromatic heterocycles. The van der Waals surface area contributed by atoms with Gasteiger partial charge in [0.05, 0.1) is 16.1 Å². The van der Waals surface area contributed by atoms with Gasteiger partial charge in [-0.1, -0.05) is 11.6 Å². The summed E-state index contributed by atoms with van der Waals surface area (Å²) in [7, 11) is 0. The predicted molar refractivity (Wildman–Crippen MR) is 53.7 cm³/mol. The summed E-state index contributed by atoms with van der Waals surface area (Å²) in [5.41, 5.74) is 0.255. The number of hydrogen-bond donors (Lipinski definition) is 1. The Morgan fingerprint density at radius 1 is 1.47 bits per heavy atom. The van der Waals surface area contributed by atoms with Crippen LogP contribution in [0, 0.1) is 5.82 Å². The topological polar surface area (TPSA) is 50.2 Å². The van der Waals surface area contributed by atoms with Crippen LogP contribution in [0.1, 0.15) is 10.4 Å². The highest BCUT2D eigenvalue weighted by Gasteiger charge is 2.12. The number of aromatic nitrogens is 1. The van der Waals surface area contributed by atoms with Gasteiger partial charge in [0, 0.05) is 17.6 Å². The van der Waals surface area contributed by atoms with E-state index in [1.54, 1.807) is 0 Å². The zero-order chi connectivity index (χ0) is 11.0. The summed E-state index contributed by atoms with van der Waals surface area (Å²) in [6, 6.07) is 3.54. The SMILES string of the molecule is O=C(O)c1ccnc2cc(F)cc(Cl)c12. The first-order valence-corrected chi connectivity index (χ1v) is 4.44. The van der Waals surface area contributed by atoms with E-state index in [2.05, 4.69) is 4.98 Å². The summed E-state index contributed by atoms with van der Waals surface area (Å²) < 4.78 is 13.0. The standard InChI is InChI=1S/C10H5ClFNO2/c11-7-3-5(12)4-8-9(7)6(10(14)15)1-2-13-8/h1-4H,(H,14,15). The number of rotatable bonds is 1. The molecule has 1 heterocycles. The summed E-state index contributed by atoms with van der Waals surface area (Å²) in [5, 5.41) is 9.21. The molecule has 1 N–H and O–H groups in total. The molecular formula is C10H5ClFNO2. The lowest BCUT2D eigenvalue weighted by Gasteiger charge is -2.03. The third kappa shape index (κ3) is 1.64. The molecule has 0 fully saturated rings. The molecule has 5 heteroatoms. The molecule has 0 bridgehead atoms. The minimum atomic E-state index is -1.11. The van der Waals surface area contributed by atoms with E-state index in [0.717, 1.165) is 12.1 Å². The first-order valence-electron chi connectivity index (χ1n) is 4.06. The lowest BCUT2D eigenvalue weighted by atomic mass is 10.1. The molecule has 2 rings (SSSR count). The Hall–Kier alpha value is -1.68. The van der Waals surface area contributed by atoms with Crippen molar-refractivity contribution in [2.24, 2.45) is 0 Å². The minimum Gasteiger partial charge on any atom is -0.478 e. The second-order valence-corrected chi connectivity index (χ2v) is 3.35. The number of benzene rings is 1. The molecule has 3 nitrogen and oxygen atoms in total. The van der Waals surface area contributed by atoms with Crippen molar-refractivity contribution in [2.75, 3.05) is 0 Å². The highest BCUT2D eigenvalue weighted by molar-refractivity contribution is 6.36. The van der Waals surface area contributed by atoms with Crippen LogP contribution in [-0.4, -0.2) is 16.1 Å². The highest BCUT2D eigenvalue weighted by Crippen LogP contribution is 2.26. The average molecular weight is 226 g/mol. The molecule has 0 atom stereocenters. The maximum absolute atomic E-state index is 13.0. The van der Waals surface area contributed by atoms with Gasteiger partial charge >= 0.3 is 5.97 Å². The monoisotopic (exact) mass is 225 g/mol. The van der Waals surface area contributed by atoms with Gasteiger partial charge in [0.1, 0.15) is 5.82 Å². The Bertz CT molecular complexity index is 556. The fraction of sp³-hybridized carbons (Fsp3) is 0. The van der Waals surface area contributed by atoms with E-state index >= 15 is 0 Å². The zero-order valence-electron chi connectivity index (χ0n) is 7.37. The molecule has 2 aromatic rings. The van der Waals surface area contributed by atoms with E-state index in [9.17, 15) is 9.18 Å². The molecule has 0 amide bonds. The number of pyridine rings is 1. The molecular weight excluding hydrogens is 221 g/mol. The van der Waals surface area contributed by atoms with Crippen molar-refractivity contribution in [1.82, 2.24) is 4.98 Å². The number of hydrogen-bond acceptors (Lipinski definition) is 2. The second-order valence-electron chi connectivity index (χ2n) is 2.95. The van der Waals surface area contributed by atoms with Crippen molar-refractivity contribution >= 4 is 28.5 Å². The van der Waals surface area contributed by atoms with Crippen LogP contribution in [0.5, 0.6) is 0 Å². The van der Waals surface area contributed by atoms with Crippen LogP contribution < -0.4 is 0 Å². The minimum absolute atomic E-state index is 0.0185. The van der Waals surface area contributed by atoms with Crippen LogP contribution in [0.25, 0.3) is 10.9 Å². The van der Waals surface area contributed by atoms with E-state index in [1.807, 2.05) is 0 Å². The molecule has 0 saturated heterocycles. The van der Waals surface area contributed by atoms with Gasteiger partial charge in [-0.15, -0.1) is 0 Å². The first-order chi connectivity index (χ1) is 7.09. The molecule has 0 unspecified atom stereocenters. The van der Waals surface area contributed by atoms with E-state index in [4.69, 9.17) is 16.7 Å². The molecule has 0 aliphatic carbocycles. The van der Waals surface area contributed by atoms with Crippen LogP contribution in [0.2, 0.25) is 5.02 Å². The number of halogens is 2. The lowest BCUT2D eigenvalue weighted by molar-refractivity contribution is 0.0699. The van der Waals surface area contributed by atoms with Gasteiger partial charge < -0.3 is 5.11 Å². The van der Waals surface area contributed by atoms with Crippen molar-refractivity contribution in [3.8, 4) is 0 Å². The van der Waals surface area contributed by atoms with Crippen molar-refractivity contribution in [3.63, 3.8) is 0 Å². The Morgan fingerprint density at radius 2 is 2.20 bits per heavy atom. The molecule has 0 saturated carbocycles. The largest absolute Gasteiger partial charge is 0.478 e. The number of aromatic carboxylic acids is 1. The van der Waals surface area contributed by atoms with E-state index in [-0.39, 0.29) is 21.5 Å². The van der Waals surface area contributed by atoms with Gasteiger partial charge in [-0.05, 0) is 12.1 Å². The quantitative estimate of drug-likeness (QED) is 0.812. The molecule has 1 aromatic carbocycles. The molecule has 0 aliphatic rings. The third-order valence-corrected chi connectivity index (χ3v) is 2.29. The Labute approximate surface area is 89.1 Å². The molecule has 15 heavy (non-hydrogen) atoms. The van der Waals surface area contributed by atoms with Crippen LogP contribution in [0.3, 0.4) is 0 Å². The summed E-state index contributed by atoms with van der Waals surface area (Å²) in [6.07, 6.45) is 1.31. The number of carbonyl (C=O) groups is 1. The number of nitrogens with zero attached hydrogens (tertiary/aromatic N) is 1. The molecule has 0 spiro atoms. The van der Waals surface area contributed by atoms with Gasteiger partial charge in [0.25, 0.3) is 0 Å². The maximum atomic E-state index is 13.0. The third-order valence-electron chi connectivity index (χ3n) is 1.99.